The summed E-state index contributed by atoms with van der Waals surface area (Å²) in [5, 5.41) is 3.03. The maximum absolute atomic E-state index is 4.02. The topological polar surface area (TPSA) is 24.4 Å². The van der Waals surface area contributed by atoms with E-state index in [0.29, 0.717) is 0 Å². The van der Waals surface area contributed by atoms with E-state index in [1.165, 1.54) is 0 Å². The van der Waals surface area contributed by atoms with E-state index in [1.54, 1.807) is 13.3 Å². The lowest BCUT2D eigenvalue weighted by Gasteiger charge is -2.07. The van der Waals surface area contributed by atoms with Gasteiger partial charge in [0.25, 0.3) is 0 Å². The Labute approximate surface area is 135 Å². The summed E-state index contributed by atoms with van der Waals surface area (Å²) < 4.78 is 0. The molecule has 0 heterocycles. The highest BCUT2D eigenvalue weighted by molar-refractivity contribution is 5.75. The van der Waals surface area contributed by atoms with Crippen molar-refractivity contribution in [2.75, 3.05) is 14.1 Å². The van der Waals surface area contributed by atoms with Gasteiger partial charge in [0, 0.05) is 26.2 Å². The molecule has 0 fully saturated rings. The molecule has 0 aromatic rings. The van der Waals surface area contributed by atoms with Gasteiger partial charge in [-0.25, -0.2) is 0 Å². The first-order valence-corrected chi connectivity index (χ1v) is 7.46. The minimum Gasteiger partial charge on any atom is -0.394 e. The Morgan fingerprint density at radius 1 is 1.09 bits per heavy atom. The third-order valence-corrected chi connectivity index (χ3v) is 2.80. The fourth-order valence-electron chi connectivity index (χ4n) is 1.76. The fourth-order valence-corrected chi connectivity index (χ4v) is 1.76. The first-order chi connectivity index (χ1) is 10.7. The standard InChI is InChI=1S/C20H28N2/c1-6-9-10-12-18(13-15-21-4)17-19(8-3)20(11-7-2)14-16-22-5/h6-18,21H,3H2,1-2,4-5H3/b9-6-,11-7-,12-10-,15-13-,19-17+,20-14-,22-16?. The molecule has 22 heavy (non-hydrogen) atoms. The van der Waals surface area contributed by atoms with Gasteiger partial charge in [0.05, 0.1) is 0 Å². The van der Waals surface area contributed by atoms with E-state index >= 15 is 0 Å². The molecule has 0 saturated carbocycles. The third-order valence-electron chi connectivity index (χ3n) is 2.80. The van der Waals surface area contributed by atoms with Crippen molar-refractivity contribution in [2.45, 2.75) is 13.8 Å². The van der Waals surface area contributed by atoms with E-state index in [9.17, 15) is 0 Å². The summed E-state index contributed by atoms with van der Waals surface area (Å²) in [7, 11) is 3.66. The fraction of sp³-hybridized carbons (Fsp3) is 0.250. The van der Waals surface area contributed by atoms with Crippen LogP contribution in [0.1, 0.15) is 13.8 Å². The summed E-state index contributed by atoms with van der Waals surface area (Å²) in [5.41, 5.74) is 2.17. The Morgan fingerprint density at radius 2 is 1.86 bits per heavy atom. The van der Waals surface area contributed by atoms with E-state index in [0.717, 1.165) is 11.1 Å². The molecule has 0 bridgehead atoms. The Bertz CT molecular complexity index is 512. The molecule has 0 rings (SSSR count). The van der Waals surface area contributed by atoms with Gasteiger partial charge in [-0.05, 0) is 37.3 Å². The van der Waals surface area contributed by atoms with Crippen LogP contribution in [0.3, 0.4) is 0 Å². The number of hydrogen-bond acceptors (Lipinski definition) is 2. The second-order valence-corrected chi connectivity index (χ2v) is 4.49. The SMILES string of the molecule is C=CC(=C\C(/C=C\C=C/C)/C=C\NC)/C(/C=C\C)=C\C=NC. The molecule has 1 N–H and O–H groups in total. The second-order valence-electron chi connectivity index (χ2n) is 4.49. The van der Waals surface area contributed by atoms with Gasteiger partial charge in [0.15, 0.2) is 0 Å². The lowest BCUT2D eigenvalue weighted by atomic mass is 9.98. The highest BCUT2D eigenvalue weighted by Gasteiger charge is 2.01. The molecular formula is C20H28N2. The molecule has 2 heteroatoms. The number of allylic oxidation sites excluding steroid dienone is 12. The maximum Gasteiger partial charge on any atom is 0.0277 e. The number of nitrogens with one attached hydrogen (secondary N) is 1. The first-order valence-electron chi connectivity index (χ1n) is 7.46. The van der Waals surface area contributed by atoms with Crippen LogP contribution in [-0.4, -0.2) is 20.3 Å². The van der Waals surface area contributed by atoms with Crippen LogP contribution in [-0.2, 0) is 0 Å². The summed E-state index contributed by atoms with van der Waals surface area (Å²) in [6, 6.07) is 0. The van der Waals surface area contributed by atoms with Gasteiger partial charge in [-0.1, -0.05) is 61.3 Å². The van der Waals surface area contributed by atoms with E-state index in [4.69, 9.17) is 0 Å². The Morgan fingerprint density at radius 3 is 2.41 bits per heavy atom. The molecule has 0 saturated heterocycles. The molecule has 0 aromatic heterocycles. The number of nitrogens with zero attached hydrogens (tertiary/aromatic N) is 1. The van der Waals surface area contributed by atoms with Crippen LogP contribution in [0.25, 0.3) is 0 Å². The van der Waals surface area contributed by atoms with Crippen molar-refractivity contribution in [1.82, 2.24) is 5.32 Å². The monoisotopic (exact) mass is 296 g/mol. The van der Waals surface area contributed by atoms with Gasteiger partial charge in [-0.3, -0.25) is 4.99 Å². The van der Waals surface area contributed by atoms with E-state index in [-0.39, 0.29) is 5.92 Å². The van der Waals surface area contributed by atoms with E-state index in [2.05, 4.69) is 47.3 Å². The molecule has 0 aliphatic heterocycles. The second kappa shape index (κ2) is 13.6. The van der Waals surface area contributed by atoms with Gasteiger partial charge in [0.1, 0.15) is 0 Å². The van der Waals surface area contributed by atoms with Gasteiger partial charge in [0.2, 0.25) is 0 Å². The lowest BCUT2D eigenvalue weighted by molar-refractivity contribution is 1.01. The molecule has 2 nitrogen and oxygen atoms in total. The van der Waals surface area contributed by atoms with Crippen LogP contribution in [0.15, 0.2) is 89.7 Å². The smallest absolute Gasteiger partial charge is 0.0277 e. The maximum atomic E-state index is 4.02. The van der Waals surface area contributed by atoms with Gasteiger partial charge < -0.3 is 5.32 Å². The van der Waals surface area contributed by atoms with Crippen molar-refractivity contribution in [2.24, 2.45) is 10.9 Å². The molecule has 1 unspecified atom stereocenters. The van der Waals surface area contributed by atoms with Crippen LogP contribution in [0, 0.1) is 5.92 Å². The number of rotatable bonds is 9. The molecule has 0 aliphatic carbocycles. The van der Waals surface area contributed by atoms with Gasteiger partial charge in [-0.2, -0.15) is 0 Å². The molecule has 0 aromatic carbocycles. The van der Waals surface area contributed by atoms with Crippen molar-refractivity contribution in [3.63, 3.8) is 0 Å². The van der Waals surface area contributed by atoms with Crippen LogP contribution >= 0.6 is 0 Å². The zero-order valence-corrected chi connectivity index (χ0v) is 14.2. The summed E-state index contributed by atoms with van der Waals surface area (Å²) in [5.74, 6) is 0.184. The molecule has 0 amide bonds. The average Bonchev–Trinajstić information content (AvgIpc) is 2.54. The summed E-state index contributed by atoms with van der Waals surface area (Å²) >= 11 is 0. The molecule has 118 valence electrons. The largest absolute Gasteiger partial charge is 0.394 e. The first kappa shape index (κ1) is 19.7. The van der Waals surface area contributed by atoms with Crippen LogP contribution in [0.2, 0.25) is 0 Å². The molecular weight excluding hydrogens is 268 g/mol. The third kappa shape index (κ3) is 8.75. The Balaban J connectivity index is 5.61. The van der Waals surface area contributed by atoms with Crippen molar-refractivity contribution >= 4 is 6.21 Å². The number of aliphatic imine (C=N–C) groups is 1. The average molecular weight is 296 g/mol. The van der Waals surface area contributed by atoms with Crippen molar-refractivity contribution < 1.29 is 0 Å². The minimum atomic E-state index is 0.184. The summed E-state index contributed by atoms with van der Waals surface area (Å²) in [6.07, 6.45) is 24.2. The normalized spacial score (nSPS) is 15.8. The number of hydrogen-bond donors (Lipinski definition) is 1. The van der Waals surface area contributed by atoms with E-state index in [1.807, 2.05) is 57.5 Å². The van der Waals surface area contributed by atoms with Crippen LogP contribution in [0.4, 0.5) is 0 Å². The zero-order valence-electron chi connectivity index (χ0n) is 14.2. The molecule has 0 radical (unpaired) electrons. The molecule has 1 atom stereocenters. The summed E-state index contributed by atoms with van der Waals surface area (Å²) in [4.78, 5) is 4.02. The quantitative estimate of drug-likeness (QED) is 0.480. The van der Waals surface area contributed by atoms with Gasteiger partial charge in [-0.15, -0.1) is 0 Å². The van der Waals surface area contributed by atoms with Crippen molar-refractivity contribution in [1.29, 1.82) is 0 Å². The Kier molecular flexibility index (Phi) is 12.2. The highest BCUT2D eigenvalue weighted by Crippen LogP contribution is 2.17. The highest BCUT2D eigenvalue weighted by atomic mass is 14.8. The summed E-state index contributed by atoms with van der Waals surface area (Å²) in [6.45, 7) is 7.94. The van der Waals surface area contributed by atoms with Crippen LogP contribution < -0.4 is 5.32 Å². The van der Waals surface area contributed by atoms with Crippen molar-refractivity contribution in [3.05, 3.63) is 84.7 Å². The Hall–Kier alpha value is -2.35. The van der Waals surface area contributed by atoms with Gasteiger partial charge >= 0.3 is 0 Å². The predicted molar refractivity (Wildman–Crippen MR) is 101 cm³/mol. The minimum absolute atomic E-state index is 0.184. The van der Waals surface area contributed by atoms with Crippen LogP contribution in [0.5, 0.6) is 0 Å². The predicted octanol–water partition coefficient (Wildman–Crippen LogP) is 4.78. The molecule has 0 spiro atoms. The molecule has 0 aliphatic rings. The lowest BCUT2D eigenvalue weighted by Crippen LogP contribution is -1.96. The van der Waals surface area contributed by atoms with E-state index < -0.39 is 0 Å². The van der Waals surface area contributed by atoms with Crippen molar-refractivity contribution in [3.8, 4) is 0 Å². The zero-order chi connectivity index (χ0) is 16.6.